The first-order valence-corrected chi connectivity index (χ1v) is 7.37. The summed E-state index contributed by atoms with van der Waals surface area (Å²) in [6.45, 7) is 0. The zero-order valence-corrected chi connectivity index (χ0v) is 13.1. The molecule has 2 rings (SSSR count). The van der Waals surface area contributed by atoms with Gasteiger partial charge in [0.2, 0.25) is 0 Å². The van der Waals surface area contributed by atoms with E-state index in [-0.39, 0.29) is 5.38 Å². The van der Waals surface area contributed by atoms with Crippen molar-refractivity contribution in [2.45, 2.75) is 5.38 Å². The van der Waals surface area contributed by atoms with Gasteiger partial charge in [0, 0.05) is 21.0 Å². The Kier molecular flexibility index (Phi) is 4.54. The molecular weight excluding hydrogens is 336 g/mol. The number of hydrogen-bond acceptors (Lipinski definition) is 3. The van der Waals surface area contributed by atoms with Crippen LogP contribution in [0.4, 0.5) is 0 Å². The van der Waals surface area contributed by atoms with Gasteiger partial charge >= 0.3 is 0 Å². The Morgan fingerprint density at radius 1 is 1.22 bits per heavy atom. The average molecular weight is 348 g/mol. The number of ether oxygens (including phenoxy) is 2. The van der Waals surface area contributed by atoms with Gasteiger partial charge in [0.1, 0.15) is 11.5 Å². The lowest BCUT2D eigenvalue weighted by Gasteiger charge is -2.14. The van der Waals surface area contributed by atoms with Crippen LogP contribution < -0.4 is 9.47 Å². The summed E-state index contributed by atoms with van der Waals surface area (Å²) in [5.74, 6) is 1.49. The molecular formula is C13H12BrClO2S. The zero-order valence-electron chi connectivity index (χ0n) is 9.94. The molecule has 0 spiro atoms. The van der Waals surface area contributed by atoms with Gasteiger partial charge in [-0.25, -0.2) is 0 Å². The summed E-state index contributed by atoms with van der Waals surface area (Å²) >= 11 is 11.6. The second-order valence-corrected chi connectivity index (χ2v) is 5.84. The van der Waals surface area contributed by atoms with E-state index in [1.807, 2.05) is 29.6 Å². The van der Waals surface area contributed by atoms with Gasteiger partial charge in [0.05, 0.1) is 19.6 Å². The molecule has 18 heavy (non-hydrogen) atoms. The smallest absolute Gasteiger partial charge is 0.127 e. The lowest BCUT2D eigenvalue weighted by molar-refractivity contribution is 0.391. The van der Waals surface area contributed by atoms with Crippen LogP contribution in [-0.2, 0) is 0 Å². The molecule has 0 fully saturated rings. The van der Waals surface area contributed by atoms with Crippen LogP contribution in [0.1, 0.15) is 15.8 Å². The highest BCUT2D eigenvalue weighted by atomic mass is 79.9. The average Bonchev–Trinajstić information content (AvgIpc) is 2.83. The maximum atomic E-state index is 6.52. The fraction of sp³-hybridized carbons (Fsp3) is 0.231. The first kappa shape index (κ1) is 13.7. The van der Waals surface area contributed by atoms with Gasteiger partial charge in [0.15, 0.2) is 0 Å². The fourth-order valence-corrected chi connectivity index (χ4v) is 3.83. The molecule has 0 saturated heterocycles. The van der Waals surface area contributed by atoms with Gasteiger partial charge in [-0.1, -0.05) is 0 Å². The normalized spacial score (nSPS) is 12.2. The molecule has 0 radical (unpaired) electrons. The van der Waals surface area contributed by atoms with Gasteiger partial charge in [-0.15, -0.1) is 22.9 Å². The molecule has 0 aliphatic heterocycles. The van der Waals surface area contributed by atoms with E-state index in [9.17, 15) is 0 Å². The molecule has 1 atom stereocenters. The predicted molar refractivity (Wildman–Crippen MR) is 79.3 cm³/mol. The first-order chi connectivity index (χ1) is 8.67. The van der Waals surface area contributed by atoms with E-state index < -0.39 is 0 Å². The first-order valence-electron chi connectivity index (χ1n) is 5.26. The van der Waals surface area contributed by atoms with Gasteiger partial charge in [-0.2, -0.15) is 0 Å². The highest BCUT2D eigenvalue weighted by molar-refractivity contribution is 9.10. The van der Waals surface area contributed by atoms with Crippen molar-refractivity contribution >= 4 is 38.9 Å². The summed E-state index contributed by atoms with van der Waals surface area (Å²) < 4.78 is 11.6. The lowest BCUT2D eigenvalue weighted by atomic mass is 10.1. The van der Waals surface area contributed by atoms with E-state index in [0.29, 0.717) is 0 Å². The number of methoxy groups -OCH3 is 2. The van der Waals surface area contributed by atoms with Gasteiger partial charge in [-0.3, -0.25) is 0 Å². The van der Waals surface area contributed by atoms with Crippen LogP contribution in [-0.4, -0.2) is 14.2 Å². The van der Waals surface area contributed by atoms with Crippen molar-refractivity contribution in [2.24, 2.45) is 0 Å². The summed E-state index contributed by atoms with van der Waals surface area (Å²) in [5.41, 5.74) is 0.933. The van der Waals surface area contributed by atoms with Crippen molar-refractivity contribution in [1.82, 2.24) is 0 Å². The Morgan fingerprint density at radius 2 is 2.00 bits per heavy atom. The van der Waals surface area contributed by atoms with E-state index in [2.05, 4.69) is 15.9 Å². The minimum atomic E-state index is -0.236. The van der Waals surface area contributed by atoms with Crippen molar-refractivity contribution < 1.29 is 9.47 Å². The molecule has 1 aromatic carbocycles. The molecule has 0 aliphatic rings. The van der Waals surface area contributed by atoms with Crippen LogP contribution >= 0.6 is 38.9 Å². The molecule has 0 aliphatic carbocycles. The zero-order chi connectivity index (χ0) is 13.1. The Morgan fingerprint density at radius 3 is 2.56 bits per heavy atom. The van der Waals surface area contributed by atoms with E-state index >= 15 is 0 Å². The number of halogens is 2. The number of benzene rings is 1. The molecule has 5 heteroatoms. The largest absolute Gasteiger partial charge is 0.497 e. The van der Waals surface area contributed by atoms with E-state index in [4.69, 9.17) is 21.1 Å². The summed E-state index contributed by atoms with van der Waals surface area (Å²) in [6, 6.07) is 7.65. The SMILES string of the molecule is COc1ccc(C(Cl)c2sccc2Br)c(OC)c1. The Hall–Kier alpha value is -0.710. The summed E-state index contributed by atoms with van der Waals surface area (Å²) in [7, 11) is 3.26. The minimum absolute atomic E-state index is 0.236. The van der Waals surface area contributed by atoms with Crippen LogP contribution in [0.2, 0.25) is 0 Å². The molecule has 1 heterocycles. The van der Waals surface area contributed by atoms with Crippen molar-refractivity contribution in [1.29, 1.82) is 0 Å². The van der Waals surface area contributed by atoms with Crippen molar-refractivity contribution in [3.8, 4) is 11.5 Å². The van der Waals surface area contributed by atoms with Crippen LogP contribution in [0.5, 0.6) is 11.5 Å². The molecule has 0 saturated carbocycles. The van der Waals surface area contributed by atoms with Crippen LogP contribution in [0.15, 0.2) is 34.1 Å². The lowest BCUT2D eigenvalue weighted by Crippen LogP contribution is -1.97. The van der Waals surface area contributed by atoms with Crippen LogP contribution in [0.3, 0.4) is 0 Å². The quantitative estimate of drug-likeness (QED) is 0.736. The molecule has 1 unspecified atom stereocenters. The third-order valence-corrected chi connectivity index (χ3v) is 5.11. The predicted octanol–water partition coefficient (Wildman–Crippen LogP) is 4.86. The van der Waals surface area contributed by atoms with E-state index in [0.717, 1.165) is 26.4 Å². The Bertz CT molecular complexity index is 542. The van der Waals surface area contributed by atoms with Gasteiger partial charge in [-0.05, 0) is 39.5 Å². The summed E-state index contributed by atoms with van der Waals surface area (Å²) in [4.78, 5) is 1.07. The molecule has 0 bridgehead atoms. The maximum absolute atomic E-state index is 6.52. The number of hydrogen-bond donors (Lipinski definition) is 0. The molecule has 1 aromatic heterocycles. The molecule has 96 valence electrons. The Labute approximate surface area is 124 Å². The molecule has 0 N–H and O–H groups in total. The third-order valence-electron chi connectivity index (χ3n) is 2.59. The number of alkyl halides is 1. The maximum Gasteiger partial charge on any atom is 0.127 e. The summed E-state index contributed by atoms with van der Waals surface area (Å²) in [6.07, 6.45) is 0. The monoisotopic (exact) mass is 346 g/mol. The number of rotatable bonds is 4. The van der Waals surface area contributed by atoms with Crippen LogP contribution in [0.25, 0.3) is 0 Å². The molecule has 0 amide bonds. The topological polar surface area (TPSA) is 18.5 Å². The highest BCUT2D eigenvalue weighted by Crippen LogP contribution is 2.41. The van der Waals surface area contributed by atoms with E-state index in [1.54, 1.807) is 25.6 Å². The van der Waals surface area contributed by atoms with Crippen molar-refractivity contribution in [3.05, 3.63) is 44.6 Å². The second-order valence-electron chi connectivity index (χ2n) is 3.60. The van der Waals surface area contributed by atoms with Gasteiger partial charge in [0.25, 0.3) is 0 Å². The number of thiophene rings is 1. The standard InChI is InChI=1S/C13H12BrClO2S/c1-16-8-3-4-9(11(7-8)17-2)12(15)13-10(14)5-6-18-13/h3-7,12H,1-2H3. The minimum Gasteiger partial charge on any atom is -0.497 e. The second kappa shape index (κ2) is 5.95. The molecule has 2 nitrogen and oxygen atoms in total. The van der Waals surface area contributed by atoms with Gasteiger partial charge < -0.3 is 9.47 Å². The molecule has 2 aromatic rings. The van der Waals surface area contributed by atoms with E-state index in [1.165, 1.54) is 0 Å². The van der Waals surface area contributed by atoms with Crippen molar-refractivity contribution in [2.75, 3.05) is 14.2 Å². The van der Waals surface area contributed by atoms with Crippen LogP contribution in [0, 0.1) is 0 Å². The Balaban J connectivity index is 2.41. The fourth-order valence-electron chi connectivity index (χ4n) is 1.66. The van der Waals surface area contributed by atoms with Crippen molar-refractivity contribution in [3.63, 3.8) is 0 Å². The third kappa shape index (κ3) is 2.66. The summed E-state index contributed by atoms with van der Waals surface area (Å²) in [5, 5.41) is 1.77. The highest BCUT2D eigenvalue weighted by Gasteiger charge is 2.19.